The summed E-state index contributed by atoms with van der Waals surface area (Å²) in [5, 5.41) is 2.74. The molecule has 8 heteroatoms. The number of amides is 1. The highest BCUT2D eigenvalue weighted by atomic mass is 79.9. The normalized spacial score (nSPS) is 11.1. The maximum Gasteiger partial charge on any atom is 0.387 e. The van der Waals surface area contributed by atoms with E-state index in [0.717, 1.165) is 11.1 Å². The first-order chi connectivity index (χ1) is 14.5. The zero-order chi connectivity index (χ0) is 21.1. The van der Waals surface area contributed by atoms with Gasteiger partial charge >= 0.3 is 6.61 Å². The molecule has 152 valence electrons. The molecule has 1 N–H and O–H groups in total. The molecule has 30 heavy (non-hydrogen) atoms. The summed E-state index contributed by atoms with van der Waals surface area (Å²) >= 11 is 3.26. The van der Waals surface area contributed by atoms with Gasteiger partial charge in [0, 0.05) is 4.47 Å². The highest BCUT2D eigenvalue weighted by Gasteiger charge is 2.20. The zero-order valence-electron chi connectivity index (χ0n) is 15.6. The second-order valence-corrected chi connectivity index (χ2v) is 7.38. The lowest BCUT2D eigenvalue weighted by Crippen LogP contribution is -2.18. The Labute approximate surface area is 179 Å². The molecule has 1 heterocycles. The number of halogens is 3. The second kappa shape index (κ2) is 8.62. The minimum absolute atomic E-state index is 0.0250. The SMILES string of the molecule is O=C(Nc1nc2ccccc2n1Cc1ccccc1)c1cc(Br)ccc1OC(F)F. The van der Waals surface area contributed by atoms with Crippen molar-refractivity contribution in [1.82, 2.24) is 9.55 Å². The van der Waals surface area contributed by atoms with Crippen LogP contribution >= 0.6 is 15.9 Å². The van der Waals surface area contributed by atoms with Crippen LogP contribution in [0.25, 0.3) is 11.0 Å². The molecule has 5 nitrogen and oxygen atoms in total. The molecule has 0 radical (unpaired) electrons. The number of para-hydroxylation sites is 2. The monoisotopic (exact) mass is 471 g/mol. The third kappa shape index (κ3) is 4.33. The van der Waals surface area contributed by atoms with Gasteiger partial charge in [0.1, 0.15) is 5.75 Å². The fraction of sp³-hybridized carbons (Fsp3) is 0.0909. The van der Waals surface area contributed by atoms with E-state index in [1.165, 1.54) is 18.2 Å². The fourth-order valence-corrected chi connectivity index (χ4v) is 3.51. The second-order valence-electron chi connectivity index (χ2n) is 6.47. The number of hydrogen-bond acceptors (Lipinski definition) is 3. The minimum atomic E-state index is -3.04. The molecule has 3 aromatic carbocycles. The number of rotatable bonds is 6. The van der Waals surface area contributed by atoms with Gasteiger partial charge in [0.25, 0.3) is 5.91 Å². The number of fused-ring (bicyclic) bond motifs is 1. The number of anilines is 1. The van der Waals surface area contributed by atoms with E-state index in [0.29, 0.717) is 22.5 Å². The van der Waals surface area contributed by atoms with Gasteiger partial charge in [0.15, 0.2) is 0 Å². The van der Waals surface area contributed by atoms with Crippen molar-refractivity contribution in [3.8, 4) is 5.75 Å². The summed E-state index contributed by atoms with van der Waals surface area (Å²) in [6.45, 7) is -2.56. The van der Waals surface area contributed by atoms with Gasteiger partial charge in [-0.3, -0.25) is 10.1 Å². The van der Waals surface area contributed by atoms with Crippen molar-refractivity contribution in [3.63, 3.8) is 0 Å². The molecule has 0 aliphatic heterocycles. The average molecular weight is 472 g/mol. The summed E-state index contributed by atoms with van der Waals surface area (Å²) in [5.41, 5.74) is 2.56. The summed E-state index contributed by atoms with van der Waals surface area (Å²) in [6, 6.07) is 21.5. The number of carbonyl (C=O) groups is 1. The highest BCUT2D eigenvalue weighted by Crippen LogP contribution is 2.27. The van der Waals surface area contributed by atoms with Gasteiger partial charge in [-0.05, 0) is 35.9 Å². The molecule has 0 spiro atoms. The lowest BCUT2D eigenvalue weighted by Gasteiger charge is -2.13. The average Bonchev–Trinajstić information content (AvgIpc) is 3.07. The summed E-state index contributed by atoms with van der Waals surface area (Å²) in [4.78, 5) is 17.5. The quantitative estimate of drug-likeness (QED) is 0.392. The molecule has 0 bridgehead atoms. The van der Waals surface area contributed by atoms with Crippen LogP contribution in [0.4, 0.5) is 14.7 Å². The lowest BCUT2D eigenvalue weighted by molar-refractivity contribution is -0.0501. The Bertz CT molecular complexity index is 1200. The molecule has 1 amide bonds. The summed E-state index contributed by atoms with van der Waals surface area (Å²) in [6.07, 6.45) is 0. The van der Waals surface area contributed by atoms with Gasteiger partial charge in [-0.1, -0.05) is 58.4 Å². The molecule has 0 saturated carbocycles. The van der Waals surface area contributed by atoms with Gasteiger partial charge in [-0.2, -0.15) is 8.78 Å². The number of imidazole rings is 1. The Morgan fingerprint density at radius 2 is 1.80 bits per heavy atom. The molecule has 4 aromatic rings. The van der Waals surface area contributed by atoms with Crippen LogP contribution in [0.5, 0.6) is 5.75 Å². The third-order valence-corrected chi connectivity index (χ3v) is 4.96. The van der Waals surface area contributed by atoms with E-state index in [1.54, 1.807) is 0 Å². The number of carbonyl (C=O) groups excluding carboxylic acids is 1. The van der Waals surface area contributed by atoms with Crippen LogP contribution < -0.4 is 10.1 Å². The van der Waals surface area contributed by atoms with E-state index < -0.39 is 12.5 Å². The van der Waals surface area contributed by atoms with E-state index in [4.69, 9.17) is 0 Å². The Morgan fingerprint density at radius 3 is 2.57 bits per heavy atom. The lowest BCUT2D eigenvalue weighted by atomic mass is 10.2. The first-order valence-corrected chi connectivity index (χ1v) is 9.85. The van der Waals surface area contributed by atoms with Crippen LogP contribution in [0.1, 0.15) is 15.9 Å². The molecular formula is C22H16BrF2N3O2. The van der Waals surface area contributed by atoms with Gasteiger partial charge in [0.05, 0.1) is 23.1 Å². The molecular weight excluding hydrogens is 456 g/mol. The van der Waals surface area contributed by atoms with E-state index in [9.17, 15) is 13.6 Å². The topological polar surface area (TPSA) is 56.2 Å². The van der Waals surface area contributed by atoms with Crippen LogP contribution in [0.2, 0.25) is 0 Å². The molecule has 4 rings (SSSR count). The van der Waals surface area contributed by atoms with E-state index >= 15 is 0 Å². The standard InChI is InChI=1S/C22H16BrF2N3O2/c23-15-10-11-19(30-21(24)25)16(12-15)20(29)27-22-26-17-8-4-5-9-18(17)28(22)13-14-6-2-1-3-7-14/h1-12,21H,13H2,(H,26,27,29). The van der Waals surface area contributed by atoms with Crippen LogP contribution in [0, 0.1) is 0 Å². The summed E-state index contributed by atoms with van der Waals surface area (Å²) in [7, 11) is 0. The first-order valence-electron chi connectivity index (χ1n) is 9.06. The third-order valence-electron chi connectivity index (χ3n) is 4.47. The largest absolute Gasteiger partial charge is 0.434 e. The minimum Gasteiger partial charge on any atom is -0.434 e. The number of hydrogen-bond donors (Lipinski definition) is 1. The number of alkyl halides is 2. The predicted molar refractivity (Wildman–Crippen MR) is 114 cm³/mol. The predicted octanol–water partition coefficient (Wildman–Crippen LogP) is 5.70. The molecule has 1 aromatic heterocycles. The van der Waals surface area contributed by atoms with Crippen molar-refractivity contribution >= 4 is 38.8 Å². The number of nitrogens with one attached hydrogen (secondary N) is 1. The number of nitrogens with zero attached hydrogens (tertiary/aromatic N) is 2. The smallest absolute Gasteiger partial charge is 0.387 e. The molecule has 0 fully saturated rings. The van der Waals surface area contributed by atoms with Crippen LogP contribution in [0.15, 0.2) is 77.3 Å². The van der Waals surface area contributed by atoms with Crippen molar-refractivity contribution in [2.24, 2.45) is 0 Å². The number of benzene rings is 3. The summed E-state index contributed by atoms with van der Waals surface area (Å²) in [5.74, 6) is -0.499. The first kappa shape index (κ1) is 20.0. The zero-order valence-corrected chi connectivity index (χ0v) is 17.1. The van der Waals surface area contributed by atoms with E-state index in [1.807, 2.05) is 59.2 Å². The Kier molecular flexibility index (Phi) is 5.76. The van der Waals surface area contributed by atoms with Crippen LogP contribution in [0.3, 0.4) is 0 Å². The Morgan fingerprint density at radius 1 is 1.07 bits per heavy atom. The van der Waals surface area contributed by atoms with E-state index in [2.05, 4.69) is 31.0 Å². The maximum atomic E-state index is 12.9. The van der Waals surface area contributed by atoms with Gasteiger partial charge in [-0.25, -0.2) is 4.98 Å². The highest BCUT2D eigenvalue weighted by molar-refractivity contribution is 9.10. The van der Waals surface area contributed by atoms with Gasteiger partial charge in [0.2, 0.25) is 5.95 Å². The van der Waals surface area contributed by atoms with Crippen molar-refractivity contribution in [3.05, 3.63) is 88.4 Å². The van der Waals surface area contributed by atoms with Crippen molar-refractivity contribution in [2.75, 3.05) is 5.32 Å². The fourth-order valence-electron chi connectivity index (χ4n) is 3.14. The molecule has 0 unspecified atom stereocenters. The molecule has 0 atom stereocenters. The van der Waals surface area contributed by atoms with E-state index in [-0.39, 0.29) is 11.3 Å². The Hall–Kier alpha value is -3.26. The molecule has 0 aliphatic carbocycles. The number of ether oxygens (including phenoxy) is 1. The van der Waals surface area contributed by atoms with Crippen LogP contribution in [-0.4, -0.2) is 22.1 Å². The number of aromatic nitrogens is 2. The van der Waals surface area contributed by atoms with Crippen molar-refractivity contribution < 1.29 is 18.3 Å². The van der Waals surface area contributed by atoms with Gasteiger partial charge in [-0.15, -0.1) is 0 Å². The molecule has 0 saturated heterocycles. The van der Waals surface area contributed by atoms with Crippen molar-refractivity contribution in [2.45, 2.75) is 13.2 Å². The maximum absolute atomic E-state index is 12.9. The molecule has 0 aliphatic rings. The Balaban J connectivity index is 1.71. The van der Waals surface area contributed by atoms with Gasteiger partial charge < -0.3 is 9.30 Å². The summed E-state index contributed by atoms with van der Waals surface area (Å²) < 4.78 is 32.4. The van der Waals surface area contributed by atoms with Crippen molar-refractivity contribution in [1.29, 1.82) is 0 Å². The van der Waals surface area contributed by atoms with Crippen LogP contribution in [-0.2, 0) is 6.54 Å².